The van der Waals surface area contributed by atoms with E-state index >= 15 is 0 Å². The molecule has 1 fully saturated rings. The van der Waals surface area contributed by atoms with E-state index < -0.39 is 48.6 Å². The third-order valence-corrected chi connectivity index (χ3v) is 6.59. The quantitative estimate of drug-likeness (QED) is 0.501. The Morgan fingerprint density at radius 1 is 1.32 bits per heavy atom. The molecule has 0 aliphatic carbocycles. The molecule has 1 aromatic heterocycles. The number of anilines is 1. The van der Waals surface area contributed by atoms with E-state index in [-0.39, 0.29) is 11.6 Å². The molecule has 2 aromatic rings. The van der Waals surface area contributed by atoms with E-state index in [2.05, 4.69) is 15.1 Å². The van der Waals surface area contributed by atoms with Crippen molar-refractivity contribution in [3.05, 3.63) is 46.3 Å². The van der Waals surface area contributed by atoms with Gasteiger partial charge in [-0.15, -0.1) is 4.91 Å². The second-order valence-corrected chi connectivity index (χ2v) is 9.58. The lowest BCUT2D eigenvalue weighted by Gasteiger charge is -2.39. The third-order valence-electron chi connectivity index (χ3n) is 4.70. The van der Waals surface area contributed by atoms with Crippen LogP contribution in [0.3, 0.4) is 0 Å². The first-order valence-electron chi connectivity index (χ1n) is 9.19. The molecule has 0 spiro atoms. The molecule has 1 saturated heterocycles. The number of ether oxygens (including phenoxy) is 1. The third kappa shape index (κ3) is 4.38. The first kappa shape index (κ1) is 22.6. The van der Waals surface area contributed by atoms with Gasteiger partial charge in [-0.05, 0) is 38.1 Å². The number of benzene rings is 1. The Kier molecular flexibility index (Phi) is 6.02. The normalized spacial score (nSPS) is 17.1. The number of aryl methyl sites for hydroxylation is 1. The van der Waals surface area contributed by atoms with Gasteiger partial charge in [-0.2, -0.15) is 5.26 Å². The molecular weight excluding hydrogens is 432 g/mol. The van der Waals surface area contributed by atoms with E-state index in [0.717, 1.165) is 12.1 Å². The Balaban J connectivity index is 2.18. The number of halogens is 2. The molecular formula is C19H19F2N5O4S. The van der Waals surface area contributed by atoms with E-state index in [1.54, 1.807) is 11.0 Å². The Bertz CT molecular complexity index is 1180. The molecule has 0 radical (unpaired) electrons. The maximum absolute atomic E-state index is 14.2. The van der Waals surface area contributed by atoms with Gasteiger partial charge in [0, 0.05) is 19.2 Å². The van der Waals surface area contributed by atoms with E-state index in [0.29, 0.717) is 25.8 Å². The molecule has 3 rings (SSSR count). The van der Waals surface area contributed by atoms with Crippen LogP contribution in [0.1, 0.15) is 30.6 Å². The van der Waals surface area contributed by atoms with Gasteiger partial charge in [-0.3, -0.25) is 0 Å². The molecule has 0 bridgehead atoms. The highest BCUT2D eigenvalue weighted by Gasteiger charge is 2.38. The van der Waals surface area contributed by atoms with Gasteiger partial charge in [-0.1, -0.05) is 0 Å². The fraction of sp³-hybridized carbons (Fsp3) is 0.421. The van der Waals surface area contributed by atoms with E-state index in [9.17, 15) is 27.4 Å². The summed E-state index contributed by atoms with van der Waals surface area (Å²) in [6, 6.07) is 3.44. The minimum absolute atomic E-state index is 0.0592. The molecule has 2 heterocycles. The van der Waals surface area contributed by atoms with Crippen molar-refractivity contribution in [1.82, 2.24) is 9.97 Å². The predicted molar refractivity (Wildman–Crippen MR) is 106 cm³/mol. The number of aromatic nitrogens is 2. The Hall–Kier alpha value is -3.04. The second kappa shape index (κ2) is 8.24. The largest absolute Gasteiger partial charge is 0.372 e. The molecule has 1 unspecified atom stereocenters. The Labute approximate surface area is 177 Å². The average molecular weight is 451 g/mol. The fourth-order valence-electron chi connectivity index (χ4n) is 3.37. The van der Waals surface area contributed by atoms with Crippen molar-refractivity contribution in [2.24, 2.45) is 5.18 Å². The van der Waals surface area contributed by atoms with Crippen molar-refractivity contribution in [3.8, 4) is 6.07 Å². The van der Waals surface area contributed by atoms with Crippen molar-refractivity contribution in [1.29, 1.82) is 5.26 Å². The van der Waals surface area contributed by atoms with E-state index in [1.807, 2.05) is 13.8 Å². The standard InChI is InChI=1S/C19H19F2N5O4S/c1-11-23-16(15(9-22)31(28,29)14-5-4-12(20)8-13(14)21)17(25-27)18(24-11)26-6-7-30-19(2,3)10-26/h4-5,8,15H,6-7,10H2,1-3H3. The summed E-state index contributed by atoms with van der Waals surface area (Å²) in [6.45, 7) is 6.13. The number of nitrogens with zero attached hydrogens (tertiary/aromatic N) is 5. The zero-order valence-electron chi connectivity index (χ0n) is 17.0. The molecule has 12 heteroatoms. The lowest BCUT2D eigenvalue weighted by molar-refractivity contribution is -0.0278. The maximum Gasteiger partial charge on any atom is 0.203 e. The van der Waals surface area contributed by atoms with Crippen LogP contribution < -0.4 is 4.90 Å². The molecule has 1 aliphatic heterocycles. The number of rotatable bonds is 5. The average Bonchev–Trinajstić information content (AvgIpc) is 2.66. The van der Waals surface area contributed by atoms with Gasteiger partial charge >= 0.3 is 0 Å². The molecule has 31 heavy (non-hydrogen) atoms. The van der Waals surface area contributed by atoms with Crippen LogP contribution in [0.25, 0.3) is 0 Å². The van der Waals surface area contributed by atoms with Crippen molar-refractivity contribution >= 4 is 21.3 Å². The van der Waals surface area contributed by atoms with Gasteiger partial charge in [0.05, 0.1) is 18.3 Å². The van der Waals surface area contributed by atoms with Crippen LogP contribution in [-0.2, 0) is 14.6 Å². The first-order valence-corrected chi connectivity index (χ1v) is 10.7. The van der Waals surface area contributed by atoms with E-state index in [1.165, 1.54) is 6.92 Å². The molecule has 1 aromatic carbocycles. The highest BCUT2D eigenvalue weighted by molar-refractivity contribution is 7.92. The van der Waals surface area contributed by atoms with Gasteiger partial charge in [-0.25, -0.2) is 27.2 Å². The van der Waals surface area contributed by atoms with Crippen LogP contribution >= 0.6 is 0 Å². The topological polar surface area (TPSA) is 126 Å². The molecule has 0 N–H and O–H groups in total. The number of nitroso groups, excluding NO2 is 1. The molecule has 0 saturated carbocycles. The lowest BCUT2D eigenvalue weighted by atomic mass is 10.1. The van der Waals surface area contributed by atoms with Crippen LogP contribution in [0.15, 0.2) is 28.3 Å². The minimum Gasteiger partial charge on any atom is -0.372 e. The number of hydrogen-bond acceptors (Lipinski definition) is 9. The zero-order chi connectivity index (χ0) is 23.0. The van der Waals surface area contributed by atoms with Gasteiger partial charge in [0.2, 0.25) is 9.84 Å². The van der Waals surface area contributed by atoms with Gasteiger partial charge in [0.25, 0.3) is 0 Å². The maximum atomic E-state index is 14.2. The molecule has 1 aliphatic rings. The zero-order valence-corrected chi connectivity index (χ0v) is 17.8. The van der Waals surface area contributed by atoms with Crippen LogP contribution in [0.2, 0.25) is 0 Å². The number of nitriles is 1. The van der Waals surface area contributed by atoms with Gasteiger partial charge in [0.15, 0.2) is 16.8 Å². The highest BCUT2D eigenvalue weighted by atomic mass is 32.2. The smallest absolute Gasteiger partial charge is 0.203 e. The second-order valence-electron chi connectivity index (χ2n) is 7.58. The summed E-state index contributed by atoms with van der Waals surface area (Å²) in [4.78, 5) is 20.8. The van der Waals surface area contributed by atoms with Crippen LogP contribution in [-0.4, -0.2) is 43.7 Å². The number of morpholine rings is 1. The van der Waals surface area contributed by atoms with Gasteiger partial charge in [0.1, 0.15) is 28.0 Å². The molecule has 9 nitrogen and oxygen atoms in total. The summed E-state index contributed by atoms with van der Waals surface area (Å²) in [5.74, 6) is -2.18. The summed E-state index contributed by atoms with van der Waals surface area (Å²) < 4.78 is 59.2. The van der Waals surface area contributed by atoms with Crippen molar-refractivity contribution in [3.63, 3.8) is 0 Å². The SMILES string of the molecule is Cc1nc(C(C#N)S(=O)(=O)c2ccc(F)cc2F)c(N=O)c(N2CCOC(C)(C)C2)n1. The van der Waals surface area contributed by atoms with Crippen LogP contribution in [0, 0.1) is 34.8 Å². The highest BCUT2D eigenvalue weighted by Crippen LogP contribution is 2.39. The van der Waals surface area contributed by atoms with Crippen molar-refractivity contribution < 1.29 is 21.9 Å². The molecule has 1 atom stereocenters. The van der Waals surface area contributed by atoms with E-state index in [4.69, 9.17) is 4.74 Å². The summed E-state index contributed by atoms with van der Waals surface area (Å²) in [5, 5.41) is 10.5. The summed E-state index contributed by atoms with van der Waals surface area (Å²) in [6.07, 6.45) is 0. The Morgan fingerprint density at radius 2 is 2.03 bits per heavy atom. The number of hydrogen-bond donors (Lipinski definition) is 0. The molecule has 0 amide bonds. The molecule has 164 valence electrons. The fourth-order valence-corrected chi connectivity index (χ4v) is 4.81. The van der Waals surface area contributed by atoms with Crippen LogP contribution in [0.5, 0.6) is 0 Å². The summed E-state index contributed by atoms with van der Waals surface area (Å²) in [5.41, 5.74) is -1.47. The van der Waals surface area contributed by atoms with Gasteiger partial charge < -0.3 is 9.64 Å². The minimum atomic E-state index is -4.71. The van der Waals surface area contributed by atoms with Crippen LogP contribution in [0.4, 0.5) is 20.3 Å². The monoisotopic (exact) mass is 451 g/mol. The predicted octanol–water partition coefficient (Wildman–Crippen LogP) is 3.11. The Morgan fingerprint density at radius 3 is 2.61 bits per heavy atom. The summed E-state index contributed by atoms with van der Waals surface area (Å²) >= 11 is 0. The lowest BCUT2D eigenvalue weighted by Crippen LogP contribution is -2.48. The first-order chi connectivity index (χ1) is 14.5. The number of sulfone groups is 1. The van der Waals surface area contributed by atoms with Crippen molar-refractivity contribution in [2.45, 2.75) is 36.5 Å². The van der Waals surface area contributed by atoms with Crippen molar-refractivity contribution in [2.75, 3.05) is 24.6 Å². The summed E-state index contributed by atoms with van der Waals surface area (Å²) in [7, 11) is -4.71.